The Morgan fingerprint density at radius 3 is 1.96 bits per heavy atom. The standard InChI is InChI=1S/C22H25FN2/c23-22(15-25)13-16-1-5-18(6-2-16)20-9-11-21(12-10-20)19-7-3-17(14-24)4-8-19/h3-4,7-8,13,16,18,20-21H,1-2,5-6,9-12H2/b22-13-/t16?,18?,20-,21-. The second-order valence-electron chi connectivity index (χ2n) is 7.65. The number of hydrogen-bond donors (Lipinski definition) is 0. The number of nitriles is 2. The third-order valence-electron chi connectivity index (χ3n) is 6.26. The number of benzene rings is 1. The lowest BCUT2D eigenvalue weighted by atomic mass is 9.68. The molecule has 1 aromatic rings. The molecular formula is C22H25FN2. The van der Waals surface area contributed by atoms with Crippen LogP contribution in [0.15, 0.2) is 36.2 Å². The van der Waals surface area contributed by atoms with E-state index >= 15 is 0 Å². The van der Waals surface area contributed by atoms with Gasteiger partial charge in [0.15, 0.2) is 5.83 Å². The van der Waals surface area contributed by atoms with E-state index in [1.54, 1.807) is 6.07 Å². The minimum atomic E-state index is -0.619. The van der Waals surface area contributed by atoms with E-state index in [2.05, 4.69) is 18.2 Å². The highest BCUT2D eigenvalue weighted by atomic mass is 19.1. The van der Waals surface area contributed by atoms with Gasteiger partial charge < -0.3 is 0 Å². The summed E-state index contributed by atoms with van der Waals surface area (Å²) in [6, 6.07) is 11.9. The van der Waals surface area contributed by atoms with Gasteiger partial charge in [-0.05, 0) is 98.8 Å². The number of nitrogens with zero attached hydrogens (tertiary/aromatic N) is 2. The summed E-state index contributed by atoms with van der Waals surface area (Å²) in [7, 11) is 0. The first-order valence-corrected chi connectivity index (χ1v) is 9.47. The number of rotatable bonds is 3. The monoisotopic (exact) mass is 336 g/mol. The molecule has 3 rings (SSSR count). The molecule has 25 heavy (non-hydrogen) atoms. The van der Waals surface area contributed by atoms with Gasteiger partial charge >= 0.3 is 0 Å². The predicted octanol–water partition coefficient (Wildman–Crippen LogP) is 6.02. The molecule has 0 amide bonds. The van der Waals surface area contributed by atoms with Gasteiger partial charge in [-0.3, -0.25) is 0 Å². The molecule has 2 saturated carbocycles. The molecule has 0 aliphatic heterocycles. The number of hydrogen-bond acceptors (Lipinski definition) is 2. The van der Waals surface area contributed by atoms with Crippen LogP contribution < -0.4 is 0 Å². The first-order chi connectivity index (χ1) is 12.2. The molecule has 0 bridgehead atoms. The Kier molecular flexibility index (Phi) is 5.87. The van der Waals surface area contributed by atoms with Crippen molar-refractivity contribution in [3.05, 3.63) is 47.3 Å². The van der Waals surface area contributed by atoms with Crippen LogP contribution in [0.1, 0.15) is 68.4 Å². The van der Waals surface area contributed by atoms with Crippen LogP contribution >= 0.6 is 0 Å². The van der Waals surface area contributed by atoms with Crippen LogP contribution in [0.3, 0.4) is 0 Å². The van der Waals surface area contributed by atoms with E-state index in [1.165, 1.54) is 50.2 Å². The second kappa shape index (κ2) is 8.30. The minimum Gasteiger partial charge on any atom is -0.195 e. The molecule has 0 spiro atoms. The molecule has 1 aromatic carbocycles. The van der Waals surface area contributed by atoms with Crippen molar-refractivity contribution < 1.29 is 4.39 Å². The first kappa shape index (κ1) is 17.7. The molecule has 0 atom stereocenters. The van der Waals surface area contributed by atoms with Crippen LogP contribution in [0.2, 0.25) is 0 Å². The molecule has 0 saturated heterocycles. The molecule has 0 unspecified atom stereocenters. The summed E-state index contributed by atoms with van der Waals surface area (Å²) in [6.07, 6.45) is 10.9. The lowest BCUT2D eigenvalue weighted by Gasteiger charge is -2.37. The fourth-order valence-corrected chi connectivity index (χ4v) is 4.78. The van der Waals surface area contributed by atoms with Crippen LogP contribution in [0.4, 0.5) is 4.39 Å². The maximum Gasteiger partial charge on any atom is 0.196 e. The van der Waals surface area contributed by atoms with Crippen LogP contribution in [0, 0.1) is 40.4 Å². The van der Waals surface area contributed by atoms with Crippen molar-refractivity contribution in [3.8, 4) is 12.1 Å². The van der Waals surface area contributed by atoms with E-state index < -0.39 is 5.83 Å². The van der Waals surface area contributed by atoms with Crippen molar-refractivity contribution in [2.75, 3.05) is 0 Å². The lowest BCUT2D eigenvalue weighted by molar-refractivity contribution is 0.171. The molecule has 3 heteroatoms. The van der Waals surface area contributed by atoms with Gasteiger partial charge in [0.05, 0.1) is 11.6 Å². The Labute approximate surface area is 150 Å². The van der Waals surface area contributed by atoms with Gasteiger partial charge in [-0.2, -0.15) is 14.9 Å². The summed E-state index contributed by atoms with van der Waals surface area (Å²) in [5, 5.41) is 17.5. The Morgan fingerprint density at radius 1 is 0.880 bits per heavy atom. The second-order valence-corrected chi connectivity index (χ2v) is 7.65. The maximum atomic E-state index is 13.1. The Balaban J connectivity index is 1.48. The van der Waals surface area contributed by atoms with Gasteiger partial charge in [0.2, 0.25) is 0 Å². The zero-order valence-electron chi connectivity index (χ0n) is 14.6. The molecule has 2 nitrogen and oxygen atoms in total. The highest BCUT2D eigenvalue weighted by Crippen LogP contribution is 2.44. The molecule has 2 fully saturated rings. The molecule has 0 radical (unpaired) electrons. The summed E-state index contributed by atoms with van der Waals surface area (Å²) >= 11 is 0. The topological polar surface area (TPSA) is 47.6 Å². The van der Waals surface area contributed by atoms with E-state index in [0.717, 1.165) is 30.2 Å². The van der Waals surface area contributed by atoms with Gasteiger partial charge in [0.1, 0.15) is 6.07 Å². The van der Waals surface area contributed by atoms with Crippen LogP contribution in [-0.4, -0.2) is 0 Å². The molecule has 0 N–H and O–H groups in total. The summed E-state index contributed by atoms with van der Waals surface area (Å²) in [5.41, 5.74) is 2.11. The maximum absolute atomic E-state index is 13.1. The van der Waals surface area contributed by atoms with Crippen molar-refractivity contribution >= 4 is 0 Å². The van der Waals surface area contributed by atoms with E-state index in [4.69, 9.17) is 10.5 Å². The molecule has 130 valence electrons. The highest BCUT2D eigenvalue weighted by molar-refractivity contribution is 5.33. The molecule has 2 aliphatic rings. The van der Waals surface area contributed by atoms with E-state index in [-0.39, 0.29) is 5.92 Å². The number of allylic oxidation sites excluding steroid dienone is 2. The fourth-order valence-electron chi connectivity index (χ4n) is 4.78. The van der Waals surface area contributed by atoms with Crippen molar-refractivity contribution in [2.45, 2.75) is 57.3 Å². The SMILES string of the molecule is N#C/C(F)=C/C1CCC([C@H]2CC[C@H](c3ccc(C#N)cc3)CC2)CC1. The quantitative estimate of drug-likeness (QED) is 0.634. The van der Waals surface area contributed by atoms with Gasteiger partial charge in [0, 0.05) is 0 Å². The molecule has 0 aromatic heterocycles. The van der Waals surface area contributed by atoms with Crippen molar-refractivity contribution in [1.29, 1.82) is 10.5 Å². The third-order valence-corrected chi connectivity index (χ3v) is 6.26. The van der Waals surface area contributed by atoms with Gasteiger partial charge in [-0.15, -0.1) is 0 Å². The van der Waals surface area contributed by atoms with E-state index in [9.17, 15) is 4.39 Å². The molecular weight excluding hydrogens is 311 g/mol. The van der Waals surface area contributed by atoms with E-state index in [1.807, 2.05) is 12.1 Å². The van der Waals surface area contributed by atoms with E-state index in [0.29, 0.717) is 5.92 Å². The normalized spacial score (nSPS) is 30.3. The Morgan fingerprint density at radius 2 is 1.44 bits per heavy atom. The minimum absolute atomic E-state index is 0.255. The van der Waals surface area contributed by atoms with Gasteiger partial charge in [0.25, 0.3) is 0 Å². The fraction of sp³-hybridized carbons (Fsp3) is 0.545. The van der Waals surface area contributed by atoms with Crippen molar-refractivity contribution in [2.24, 2.45) is 17.8 Å². The van der Waals surface area contributed by atoms with Gasteiger partial charge in [-0.1, -0.05) is 12.1 Å². The summed E-state index contributed by atoms with van der Waals surface area (Å²) in [5.74, 6) is 1.85. The predicted molar refractivity (Wildman–Crippen MR) is 96.1 cm³/mol. The van der Waals surface area contributed by atoms with Crippen LogP contribution in [-0.2, 0) is 0 Å². The van der Waals surface area contributed by atoms with Gasteiger partial charge in [-0.25, -0.2) is 0 Å². The highest BCUT2D eigenvalue weighted by Gasteiger charge is 2.31. The largest absolute Gasteiger partial charge is 0.196 e. The zero-order valence-corrected chi connectivity index (χ0v) is 14.6. The summed E-state index contributed by atoms with van der Waals surface area (Å²) < 4.78 is 13.1. The average Bonchev–Trinajstić information content (AvgIpc) is 2.69. The lowest BCUT2D eigenvalue weighted by Crippen LogP contribution is -2.25. The van der Waals surface area contributed by atoms with Crippen LogP contribution in [0.25, 0.3) is 0 Å². The summed E-state index contributed by atoms with van der Waals surface area (Å²) in [4.78, 5) is 0. The van der Waals surface area contributed by atoms with Crippen LogP contribution in [0.5, 0.6) is 0 Å². The number of halogens is 1. The zero-order chi connectivity index (χ0) is 17.6. The van der Waals surface area contributed by atoms with Crippen molar-refractivity contribution in [1.82, 2.24) is 0 Å². The molecule has 0 heterocycles. The van der Waals surface area contributed by atoms with Crippen molar-refractivity contribution in [3.63, 3.8) is 0 Å². The smallest absolute Gasteiger partial charge is 0.195 e. The third kappa shape index (κ3) is 4.49. The Bertz CT molecular complexity index is 676. The Hall–Kier alpha value is -2.13. The summed E-state index contributed by atoms with van der Waals surface area (Å²) in [6.45, 7) is 0. The average molecular weight is 336 g/mol. The molecule has 2 aliphatic carbocycles. The first-order valence-electron chi connectivity index (χ1n) is 9.47.